The summed E-state index contributed by atoms with van der Waals surface area (Å²) in [6.45, 7) is 0. The molecule has 0 aliphatic heterocycles. The quantitative estimate of drug-likeness (QED) is 0.551. The highest BCUT2D eigenvalue weighted by Crippen LogP contribution is 2.48. The topological polar surface area (TPSA) is 63.3 Å². The summed E-state index contributed by atoms with van der Waals surface area (Å²) in [6, 6.07) is 0.414. The van der Waals surface area contributed by atoms with Gasteiger partial charge in [-0.1, -0.05) is 12.2 Å². The van der Waals surface area contributed by atoms with Gasteiger partial charge in [-0.25, -0.2) is 0 Å². The van der Waals surface area contributed by atoms with Crippen LogP contribution in [0.2, 0.25) is 0 Å². The zero-order chi connectivity index (χ0) is 12.3. The number of allylic oxidation sites excluding steroid dienone is 2. The van der Waals surface area contributed by atoms with Crippen molar-refractivity contribution >= 4 is 5.97 Å². The van der Waals surface area contributed by atoms with E-state index in [1.807, 2.05) is 0 Å². The molecule has 0 radical (unpaired) electrons. The van der Waals surface area contributed by atoms with E-state index in [-0.39, 0.29) is 6.42 Å². The fourth-order valence-electron chi connectivity index (χ4n) is 3.55. The minimum atomic E-state index is -0.700. The zero-order valence-electron chi connectivity index (χ0n) is 10.3. The normalized spacial score (nSPS) is 35.8. The monoisotopic (exact) mass is 237 g/mol. The van der Waals surface area contributed by atoms with Crippen LogP contribution in [0.3, 0.4) is 0 Å². The lowest BCUT2D eigenvalue weighted by Crippen LogP contribution is -2.35. The smallest absolute Gasteiger partial charge is 0.303 e. The van der Waals surface area contributed by atoms with Crippen LogP contribution in [0.25, 0.3) is 0 Å². The highest BCUT2D eigenvalue weighted by Gasteiger charge is 2.44. The number of rotatable bonds is 6. The number of aliphatic carboxylic acids is 1. The Hall–Kier alpha value is -0.830. The first-order valence-electron chi connectivity index (χ1n) is 6.81. The van der Waals surface area contributed by atoms with Crippen LogP contribution in [0.15, 0.2) is 12.2 Å². The molecule has 0 saturated heterocycles. The molecule has 17 heavy (non-hydrogen) atoms. The summed E-state index contributed by atoms with van der Waals surface area (Å²) in [5.41, 5.74) is 6.23. The van der Waals surface area contributed by atoms with Crippen LogP contribution < -0.4 is 5.73 Å². The third-order valence-corrected chi connectivity index (χ3v) is 4.49. The molecule has 2 aliphatic rings. The predicted octanol–water partition coefficient (Wildman–Crippen LogP) is 2.56. The SMILES string of the molecule is N[C@H]1[C@@H]2CC[C@@H](C2)[C@H]1C/C=C\CCCC(=O)O. The molecule has 96 valence electrons. The summed E-state index contributed by atoms with van der Waals surface area (Å²) >= 11 is 0. The Bertz CT molecular complexity index is 299. The second kappa shape index (κ2) is 5.67. The van der Waals surface area contributed by atoms with Crippen LogP contribution in [0.1, 0.15) is 44.9 Å². The van der Waals surface area contributed by atoms with Gasteiger partial charge in [0.1, 0.15) is 0 Å². The molecule has 2 rings (SSSR count). The van der Waals surface area contributed by atoms with E-state index >= 15 is 0 Å². The second-order valence-electron chi connectivity index (χ2n) is 5.57. The highest BCUT2D eigenvalue weighted by atomic mass is 16.4. The highest BCUT2D eigenvalue weighted by molar-refractivity contribution is 5.66. The molecule has 0 spiro atoms. The molecule has 3 N–H and O–H groups in total. The van der Waals surface area contributed by atoms with Crippen LogP contribution in [-0.4, -0.2) is 17.1 Å². The Balaban J connectivity index is 1.65. The van der Waals surface area contributed by atoms with Crippen LogP contribution in [0.5, 0.6) is 0 Å². The molecular weight excluding hydrogens is 214 g/mol. The van der Waals surface area contributed by atoms with Crippen LogP contribution in [0, 0.1) is 17.8 Å². The maximum absolute atomic E-state index is 10.3. The number of carboxylic acids is 1. The van der Waals surface area contributed by atoms with Gasteiger partial charge in [-0.15, -0.1) is 0 Å². The third-order valence-electron chi connectivity index (χ3n) is 4.49. The molecule has 2 aliphatic carbocycles. The fourth-order valence-corrected chi connectivity index (χ4v) is 3.55. The van der Waals surface area contributed by atoms with E-state index < -0.39 is 5.97 Å². The van der Waals surface area contributed by atoms with Gasteiger partial charge in [0.25, 0.3) is 0 Å². The van der Waals surface area contributed by atoms with Gasteiger partial charge in [-0.05, 0) is 56.3 Å². The van der Waals surface area contributed by atoms with E-state index in [4.69, 9.17) is 10.8 Å². The van der Waals surface area contributed by atoms with Crippen molar-refractivity contribution in [3.05, 3.63) is 12.2 Å². The Morgan fingerprint density at radius 1 is 1.29 bits per heavy atom. The first-order chi connectivity index (χ1) is 8.18. The lowest BCUT2D eigenvalue weighted by atomic mass is 9.83. The molecule has 3 heteroatoms. The van der Waals surface area contributed by atoms with Crippen molar-refractivity contribution in [2.45, 2.75) is 51.0 Å². The summed E-state index contributed by atoms with van der Waals surface area (Å²) in [7, 11) is 0. The summed E-state index contributed by atoms with van der Waals surface area (Å²) in [6.07, 6.45) is 11.4. The number of carbonyl (C=O) groups is 1. The van der Waals surface area contributed by atoms with E-state index in [0.717, 1.165) is 31.1 Å². The van der Waals surface area contributed by atoms with Gasteiger partial charge in [0.05, 0.1) is 0 Å². The average molecular weight is 237 g/mol. The van der Waals surface area contributed by atoms with Gasteiger partial charge in [0.2, 0.25) is 0 Å². The van der Waals surface area contributed by atoms with Crippen molar-refractivity contribution < 1.29 is 9.90 Å². The number of hydrogen-bond donors (Lipinski definition) is 2. The van der Waals surface area contributed by atoms with Gasteiger partial charge in [-0.2, -0.15) is 0 Å². The molecule has 0 heterocycles. The van der Waals surface area contributed by atoms with Gasteiger partial charge >= 0.3 is 5.97 Å². The van der Waals surface area contributed by atoms with Crippen molar-refractivity contribution in [3.8, 4) is 0 Å². The molecule has 0 unspecified atom stereocenters. The van der Waals surface area contributed by atoms with Gasteiger partial charge in [0, 0.05) is 12.5 Å². The Morgan fingerprint density at radius 2 is 2.06 bits per heavy atom. The Kier molecular flexibility index (Phi) is 4.21. The summed E-state index contributed by atoms with van der Waals surface area (Å²) < 4.78 is 0. The predicted molar refractivity (Wildman–Crippen MR) is 67.5 cm³/mol. The maximum atomic E-state index is 10.3. The lowest BCUT2D eigenvalue weighted by molar-refractivity contribution is -0.137. The van der Waals surface area contributed by atoms with E-state index in [0.29, 0.717) is 12.0 Å². The minimum absolute atomic E-state index is 0.276. The molecule has 3 nitrogen and oxygen atoms in total. The molecule has 4 atom stereocenters. The number of unbranched alkanes of at least 4 members (excludes halogenated alkanes) is 1. The van der Waals surface area contributed by atoms with E-state index in [1.54, 1.807) is 0 Å². The minimum Gasteiger partial charge on any atom is -0.481 e. The van der Waals surface area contributed by atoms with Crippen molar-refractivity contribution in [1.82, 2.24) is 0 Å². The Morgan fingerprint density at radius 3 is 2.71 bits per heavy atom. The van der Waals surface area contributed by atoms with Crippen molar-refractivity contribution in [2.24, 2.45) is 23.5 Å². The molecule has 0 amide bonds. The van der Waals surface area contributed by atoms with Gasteiger partial charge < -0.3 is 10.8 Å². The molecule has 2 bridgehead atoms. The van der Waals surface area contributed by atoms with Crippen LogP contribution in [0.4, 0.5) is 0 Å². The number of nitrogens with two attached hydrogens (primary N) is 1. The first kappa shape index (κ1) is 12.6. The molecule has 0 aromatic heterocycles. The zero-order valence-corrected chi connectivity index (χ0v) is 10.3. The van der Waals surface area contributed by atoms with Crippen LogP contribution >= 0.6 is 0 Å². The van der Waals surface area contributed by atoms with E-state index in [9.17, 15) is 4.79 Å². The van der Waals surface area contributed by atoms with Crippen molar-refractivity contribution in [2.75, 3.05) is 0 Å². The fraction of sp³-hybridized carbons (Fsp3) is 0.786. The largest absolute Gasteiger partial charge is 0.481 e. The third kappa shape index (κ3) is 3.09. The van der Waals surface area contributed by atoms with Crippen molar-refractivity contribution in [3.63, 3.8) is 0 Å². The average Bonchev–Trinajstić information content (AvgIpc) is 2.85. The number of fused-ring (bicyclic) bond motifs is 2. The standard InChI is InChI=1S/C14H23NO2/c15-14-11-8-7-10(9-11)12(14)5-3-1-2-4-6-13(16)17/h1,3,10-12,14H,2,4-9,15H2,(H,16,17)/b3-1-/t10-,11+,12+,14-/m0/s1. The second-order valence-corrected chi connectivity index (χ2v) is 5.57. The summed E-state index contributed by atoms with van der Waals surface area (Å²) in [5, 5.41) is 8.51. The van der Waals surface area contributed by atoms with E-state index in [2.05, 4.69) is 12.2 Å². The van der Waals surface area contributed by atoms with Crippen LogP contribution in [-0.2, 0) is 4.79 Å². The number of carboxylic acid groups (broad SMARTS) is 1. The first-order valence-corrected chi connectivity index (χ1v) is 6.81. The van der Waals surface area contributed by atoms with Gasteiger partial charge in [-0.3, -0.25) is 4.79 Å². The molecule has 2 fully saturated rings. The molecular formula is C14H23NO2. The molecule has 2 saturated carbocycles. The van der Waals surface area contributed by atoms with Crippen molar-refractivity contribution in [1.29, 1.82) is 0 Å². The Labute approximate surface area is 103 Å². The van der Waals surface area contributed by atoms with E-state index in [1.165, 1.54) is 19.3 Å². The summed E-state index contributed by atoms with van der Waals surface area (Å²) in [5.74, 6) is 1.63. The maximum Gasteiger partial charge on any atom is 0.303 e. The molecule has 0 aromatic rings. The van der Waals surface area contributed by atoms with Gasteiger partial charge in [0.15, 0.2) is 0 Å². The number of hydrogen-bond acceptors (Lipinski definition) is 2. The summed E-state index contributed by atoms with van der Waals surface area (Å²) in [4.78, 5) is 10.3. The molecule has 0 aromatic carbocycles. The lowest BCUT2D eigenvalue weighted by Gasteiger charge is -2.27.